The number of nitrogens with zero attached hydrogens (tertiary/aromatic N) is 3. The Morgan fingerprint density at radius 1 is 1.21 bits per heavy atom. The van der Waals surface area contributed by atoms with Gasteiger partial charge in [0.2, 0.25) is 5.78 Å². The molecule has 3 rings (SSSR count). The molecule has 0 bridgehead atoms. The summed E-state index contributed by atoms with van der Waals surface area (Å²) in [5, 5.41) is 28.1. The lowest BCUT2D eigenvalue weighted by Gasteiger charge is -2.17. The molecule has 0 radical (unpaired) electrons. The van der Waals surface area contributed by atoms with Crippen molar-refractivity contribution in [2.45, 2.75) is 6.54 Å². The predicted molar refractivity (Wildman–Crippen MR) is 99.0 cm³/mol. The molecule has 8 heteroatoms. The van der Waals surface area contributed by atoms with Crippen molar-refractivity contribution in [3.05, 3.63) is 63.6 Å². The number of hydrogen-bond donors (Lipinski definition) is 1. The monoisotopic (exact) mass is 397 g/mol. The van der Waals surface area contributed by atoms with Gasteiger partial charge in [0.1, 0.15) is 17.3 Å². The summed E-state index contributed by atoms with van der Waals surface area (Å²) in [6, 6.07) is 10.8. The molecule has 6 nitrogen and oxygen atoms in total. The number of allylic oxidation sites excluding steroid dienone is 1. The molecule has 2 aromatic carbocycles. The molecule has 140 valence electrons. The van der Waals surface area contributed by atoms with Gasteiger partial charge in [-0.2, -0.15) is 10.5 Å². The number of phenols is 1. The van der Waals surface area contributed by atoms with Gasteiger partial charge in [0.15, 0.2) is 5.76 Å². The van der Waals surface area contributed by atoms with Crippen molar-refractivity contribution in [3.63, 3.8) is 0 Å². The van der Waals surface area contributed by atoms with Crippen LogP contribution in [0.15, 0.2) is 36.1 Å². The molecule has 1 N–H and O–H groups in total. The van der Waals surface area contributed by atoms with E-state index < -0.39 is 11.6 Å². The first-order chi connectivity index (χ1) is 13.5. The normalized spacial score (nSPS) is 13.9. The molecule has 0 saturated heterocycles. The third-order valence-electron chi connectivity index (χ3n) is 4.16. The average Bonchev–Trinajstić information content (AvgIpc) is 2.97. The fourth-order valence-electron chi connectivity index (χ4n) is 2.82. The summed E-state index contributed by atoms with van der Waals surface area (Å²) in [6.45, 7) is -0.0621. The zero-order valence-electron chi connectivity index (χ0n) is 14.4. The van der Waals surface area contributed by atoms with Crippen molar-refractivity contribution >= 4 is 23.5 Å². The van der Waals surface area contributed by atoms with Crippen molar-refractivity contribution < 1.29 is 19.0 Å². The largest absolute Gasteiger partial charge is 0.507 e. The number of Topliss-reactive ketones (excluding diaryl/α,β-unsaturated/α-hetero) is 1. The number of nitriles is 2. The van der Waals surface area contributed by atoms with E-state index in [0.717, 1.165) is 0 Å². The van der Waals surface area contributed by atoms with Crippen LogP contribution in [0.2, 0.25) is 5.02 Å². The topological polar surface area (TPSA) is 97.3 Å². The SMILES string of the molecule is N#CCN(CC#N)Cc1c(O)ccc2c1OC(=Cc1c(F)cccc1Cl)C2=O. The fourth-order valence-corrected chi connectivity index (χ4v) is 3.04. The quantitative estimate of drug-likeness (QED) is 0.611. The van der Waals surface area contributed by atoms with Crippen LogP contribution >= 0.6 is 11.6 Å². The Hall–Kier alpha value is -3.39. The first-order valence-corrected chi connectivity index (χ1v) is 8.53. The summed E-state index contributed by atoms with van der Waals surface area (Å²) in [4.78, 5) is 14.2. The lowest BCUT2D eigenvalue weighted by atomic mass is 10.0. The first kappa shape index (κ1) is 19.4. The maximum absolute atomic E-state index is 14.0. The van der Waals surface area contributed by atoms with Crippen molar-refractivity contribution in [2.75, 3.05) is 13.1 Å². The van der Waals surface area contributed by atoms with Gasteiger partial charge in [-0.05, 0) is 30.3 Å². The third-order valence-corrected chi connectivity index (χ3v) is 4.49. The maximum atomic E-state index is 14.0. The summed E-state index contributed by atoms with van der Waals surface area (Å²) < 4.78 is 19.7. The van der Waals surface area contributed by atoms with Crippen LogP contribution in [0.3, 0.4) is 0 Å². The Morgan fingerprint density at radius 2 is 1.93 bits per heavy atom. The summed E-state index contributed by atoms with van der Waals surface area (Å²) in [5.74, 6) is -1.25. The summed E-state index contributed by atoms with van der Waals surface area (Å²) in [7, 11) is 0. The molecule has 0 amide bonds. The average molecular weight is 398 g/mol. The van der Waals surface area contributed by atoms with Gasteiger partial charge in [0.05, 0.1) is 41.4 Å². The summed E-state index contributed by atoms with van der Waals surface area (Å²) in [6.07, 6.45) is 1.21. The molecule has 0 unspecified atom stereocenters. The molecular weight excluding hydrogens is 385 g/mol. The van der Waals surface area contributed by atoms with Crippen LogP contribution in [0, 0.1) is 28.5 Å². The smallest absolute Gasteiger partial charge is 0.231 e. The van der Waals surface area contributed by atoms with Gasteiger partial charge in [-0.25, -0.2) is 4.39 Å². The fraction of sp³-hybridized carbons (Fsp3) is 0.150. The van der Waals surface area contributed by atoms with Gasteiger partial charge in [0, 0.05) is 12.1 Å². The minimum Gasteiger partial charge on any atom is -0.507 e. The van der Waals surface area contributed by atoms with Crippen LogP contribution in [-0.4, -0.2) is 28.9 Å². The molecule has 1 heterocycles. The number of fused-ring (bicyclic) bond motifs is 1. The number of rotatable bonds is 5. The van der Waals surface area contributed by atoms with Crippen LogP contribution in [-0.2, 0) is 6.54 Å². The standard InChI is InChI=1S/C20H13ClFN3O3/c21-15-2-1-3-16(22)13(15)10-18-19(27)12-4-5-17(26)14(20(12)28-18)11-25(8-6-23)9-7-24/h1-5,10,26H,8-9,11H2. The Morgan fingerprint density at radius 3 is 2.57 bits per heavy atom. The predicted octanol–water partition coefficient (Wildman–Crippen LogP) is 3.65. The third kappa shape index (κ3) is 3.67. The second-order valence-electron chi connectivity index (χ2n) is 5.98. The Labute approximate surface area is 165 Å². The van der Waals surface area contributed by atoms with E-state index in [2.05, 4.69) is 0 Å². The zero-order valence-corrected chi connectivity index (χ0v) is 15.2. The highest BCUT2D eigenvalue weighted by Gasteiger charge is 2.32. The highest BCUT2D eigenvalue weighted by atomic mass is 35.5. The van der Waals surface area contributed by atoms with Gasteiger partial charge in [-0.15, -0.1) is 0 Å². The number of halogens is 2. The van der Waals surface area contributed by atoms with E-state index in [9.17, 15) is 14.3 Å². The lowest BCUT2D eigenvalue weighted by Crippen LogP contribution is -2.24. The van der Waals surface area contributed by atoms with Gasteiger partial charge in [0.25, 0.3) is 0 Å². The number of carbonyl (C=O) groups excluding carboxylic acids is 1. The van der Waals surface area contributed by atoms with Crippen LogP contribution in [0.25, 0.3) is 6.08 Å². The Balaban J connectivity index is 2.01. The molecule has 0 aliphatic carbocycles. The van der Waals surface area contributed by atoms with Crippen molar-refractivity contribution in [2.24, 2.45) is 0 Å². The second-order valence-corrected chi connectivity index (χ2v) is 6.38. The molecule has 28 heavy (non-hydrogen) atoms. The number of phenolic OH excluding ortho intramolecular Hbond substituents is 1. The van der Waals surface area contributed by atoms with Gasteiger partial charge in [-0.1, -0.05) is 17.7 Å². The van der Waals surface area contributed by atoms with Gasteiger partial charge in [-0.3, -0.25) is 9.69 Å². The van der Waals surface area contributed by atoms with Crippen molar-refractivity contribution in [3.8, 4) is 23.6 Å². The molecule has 0 atom stereocenters. The molecular formula is C20H13ClFN3O3. The van der Waals surface area contributed by atoms with E-state index in [1.807, 2.05) is 12.1 Å². The molecule has 0 fully saturated rings. The van der Waals surface area contributed by atoms with E-state index >= 15 is 0 Å². The van der Waals surface area contributed by atoms with E-state index in [1.54, 1.807) is 0 Å². The van der Waals surface area contributed by atoms with Crippen LogP contribution in [0.4, 0.5) is 4.39 Å². The van der Waals surface area contributed by atoms with Gasteiger partial charge >= 0.3 is 0 Å². The maximum Gasteiger partial charge on any atom is 0.231 e. The van der Waals surface area contributed by atoms with Crippen molar-refractivity contribution in [1.29, 1.82) is 10.5 Å². The second kappa shape index (κ2) is 8.10. The summed E-state index contributed by atoms with van der Waals surface area (Å²) in [5.41, 5.74) is 0.474. The number of aromatic hydroxyl groups is 1. The van der Waals surface area contributed by atoms with E-state index in [4.69, 9.17) is 26.9 Å². The minimum atomic E-state index is -0.607. The van der Waals surface area contributed by atoms with E-state index in [1.165, 1.54) is 41.3 Å². The highest BCUT2D eigenvalue weighted by molar-refractivity contribution is 6.32. The lowest BCUT2D eigenvalue weighted by molar-refractivity contribution is 0.101. The van der Waals surface area contributed by atoms with Crippen molar-refractivity contribution in [1.82, 2.24) is 4.90 Å². The minimum absolute atomic E-state index is 0.0154. The first-order valence-electron chi connectivity index (χ1n) is 8.15. The highest BCUT2D eigenvalue weighted by Crippen LogP contribution is 2.40. The Bertz CT molecular complexity index is 1030. The number of hydrogen-bond acceptors (Lipinski definition) is 6. The van der Waals surface area contributed by atoms with Crippen LogP contribution < -0.4 is 4.74 Å². The molecule has 1 aliphatic rings. The molecule has 1 aliphatic heterocycles. The van der Waals surface area contributed by atoms with Crippen LogP contribution in [0.1, 0.15) is 21.5 Å². The molecule has 0 spiro atoms. The molecule has 2 aromatic rings. The van der Waals surface area contributed by atoms with E-state index in [0.29, 0.717) is 0 Å². The number of benzene rings is 2. The van der Waals surface area contributed by atoms with Crippen LogP contribution in [0.5, 0.6) is 11.5 Å². The Kier molecular flexibility index (Phi) is 5.60. The van der Waals surface area contributed by atoms with Gasteiger partial charge < -0.3 is 9.84 Å². The molecule has 0 aromatic heterocycles. The molecule has 0 saturated carbocycles. The summed E-state index contributed by atoms with van der Waals surface area (Å²) >= 11 is 6.00. The number of ketones is 1. The van der Waals surface area contributed by atoms with E-state index in [-0.39, 0.29) is 58.6 Å². The number of carbonyl (C=O) groups is 1. The number of ether oxygens (including phenoxy) is 1. The zero-order chi connectivity index (χ0) is 20.3.